The molecule has 0 saturated heterocycles. The van der Waals surface area contributed by atoms with Gasteiger partial charge in [-0.3, -0.25) is 0 Å². The van der Waals surface area contributed by atoms with Crippen molar-refractivity contribution < 1.29 is 9.50 Å². The van der Waals surface area contributed by atoms with E-state index in [1.165, 1.54) is 11.6 Å². The first-order chi connectivity index (χ1) is 7.01. The van der Waals surface area contributed by atoms with E-state index >= 15 is 0 Å². The molecule has 0 amide bonds. The van der Waals surface area contributed by atoms with E-state index in [1.54, 1.807) is 6.07 Å². The lowest BCUT2D eigenvalue weighted by atomic mass is 9.79. The molecule has 0 heterocycles. The van der Waals surface area contributed by atoms with E-state index in [2.05, 4.69) is 6.92 Å². The summed E-state index contributed by atoms with van der Waals surface area (Å²) in [6.45, 7) is 4.10. The first-order valence-corrected chi connectivity index (χ1v) is 5.46. The predicted molar refractivity (Wildman–Crippen MR) is 58.3 cm³/mol. The molecule has 1 aliphatic rings. The summed E-state index contributed by atoms with van der Waals surface area (Å²) in [5.41, 5.74) is 2.20. The van der Waals surface area contributed by atoms with Crippen LogP contribution in [0.4, 0.5) is 4.39 Å². The first kappa shape index (κ1) is 10.6. The third-order valence-corrected chi connectivity index (χ3v) is 3.55. The molecule has 2 atom stereocenters. The number of aliphatic hydroxyl groups excluding tert-OH is 1. The smallest absolute Gasteiger partial charge is 0.123 e. The quantitative estimate of drug-likeness (QED) is 0.752. The van der Waals surface area contributed by atoms with E-state index in [9.17, 15) is 9.50 Å². The second-order valence-electron chi connectivity index (χ2n) is 4.92. The summed E-state index contributed by atoms with van der Waals surface area (Å²) in [6.07, 6.45) is 2.44. The Bertz CT molecular complexity index is 375. The van der Waals surface area contributed by atoms with Crippen molar-refractivity contribution in [2.45, 2.75) is 44.6 Å². The van der Waals surface area contributed by atoms with Gasteiger partial charge in [0.2, 0.25) is 0 Å². The van der Waals surface area contributed by atoms with Crippen molar-refractivity contribution in [3.05, 3.63) is 35.1 Å². The molecule has 2 rings (SSSR count). The van der Waals surface area contributed by atoms with Crippen molar-refractivity contribution in [3.63, 3.8) is 0 Å². The van der Waals surface area contributed by atoms with Gasteiger partial charge in [0.15, 0.2) is 0 Å². The van der Waals surface area contributed by atoms with Gasteiger partial charge in [-0.1, -0.05) is 13.0 Å². The molecule has 1 saturated carbocycles. The number of halogens is 1. The van der Waals surface area contributed by atoms with Gasteiger partial charge in [0.05, 0.1) is 6.10 Å². The van der Waals surface area contributed by atoms with Gasteiger partial charge in [0.25, 0.3) is 0 Å². The molecule has 2 heteroatoms. The summed E-state index contributed by atoms with van der Waals surface area (Å²) < 4.78 is 13.0. The molecular formula is C13H17FO. The van der Waals surface area contributed by atoms with Crippen molar-refractivity contribution in [2.75, 3.05) is 0 Å². The van der Waals surface area contributed by atoms with E-state index in [-0.39, 0.29) is 17.3 Å². The second-order valence-corrected chi connectivity index (χ2v) is 4.92. The van der Waals surface area contributed by atoms with E-state index in [1.807, 2.05) is 13.0 Å². The van der Waals surface area contributed by atoms with Crippen LogP contribution in [-0.4, -0.2) is 11.2 Å². The lowest BCUT2D eigenvalue weighted by Crippen LogP contribution is -2.20. The van der Waals surface area contributed by atoms with Gasteiger partial charge in [0, 0.05) is 0 Å². The molecular weight excluding hydrogens is 191 g/mol. The van der Waals surface area contributed by atoms with E-state index in [0.717, 1.165) is 24.8 Å². The molecule has 0 bridgehead atoms. The minimum absolute atomic E-state index is 0.0250. The van der Waals surface area contributed by atoms with Crippen LogP contribution >= 0.6 is 0 Å². The summed E-state index contributed by atoms with van der Waals surface area (Å²) in [6, 6.07) is 4.95. The van der Waals surface area contributed by atoms with Gasteiger partial charge in [0.1, 0.15) is 5.82 Å². The zero-order valence-electron chi connectivity index (χ0n) is 9.26. The molecule has 0 aliphatic heterocycles. The lowest BCUT2D eigenvalue weighted by Gasteiger charge is -2.26. The minimum atomic E-state index is -0.195. The maximum atomic E-state index is 13.0. The van der Waals surface area contributed by atoms with Crippen molar-refractivity contribution in [1.29, 1.82) is 0 Å². The Balaban J connectivity index is 2.37. The summed E-state index contributed by atoms with van der Waals surface area (Å²) in [5, 5.41) is 9.60. The van der Waals surface area contributed by atoms with Gasteiger partial charge in [-0.15, -0.1) is 0 Å². The third-order valence-electron chi connectivity index (χ3n) is 3.55. The molecule has 1 N–H and O–H groups in total. The highest BCUT2D eigenvalue weighted by Gasteiger charge is 2.36. The molecule has 0 radical (unpaired) electrons. The van der Waals surface area contributed by atoms with Crippen LogP contribution in [-0.2, 0) is 5.41 Å². The average Bonchev–Trinajstić information content (AvgIpc) is 2.46. The van der Waals surface area contributed by atoms with Crippen molar-refractivity contribution in [3.8, 4) is 0 Å². The SMILES string of the molecule is Cc1cc(F)ccc1C1(C)CCC(O)C1. The minimum Gasteiger partial charge on any atom is -0.393 e. The van der Waals surface area contributed by atoms with E-state index in [4.69, 9.17) is 0 Å². The van der Waals surface area contributed by atoms with Crippen LogP contribution in [0.3, 0.4) is 0 Å². The van der Waals surface area contributed by atoms with Gasteiger partial charge >= 0.3 is 0 Å². The number of benzene rings is 1. The summed E-state index contributed by atoms with van der Waals surface area (Å²) in [7, 11) is 0. The van der Waals surface area contributed by atoms with Crippen molar-refractivity contribution in [2.24, 2.45) is 0 Å². The fourth-order valence-corrected chi connectivity index (χ4v) is 2.76. The Morgan fingerprint density at radius 3 is 2.73 bits per heavy atom. The lowest BCUT2D eigenvalue weighted by molar-refractivity contribution is 0.175. The molecule has 1 aliphatic carbocycles. The van der Waals surface area contributed by atoms with Crippen molar-refractivity contribution in [1.82, 2.24) is 0 Å². The Morgan fingerprint density at radius 2 is 2.20 bits per heavy atom. The predicted octanol–water partition coefficient (Wildman–Crippen LogP) is 2.94. The van der Waals surface area contributed by atoms with Gasteiger partial charge in [-0.2, -0.15) is 0 Å². The number of aryl methyl sites for hydroxylation is 1. The molecule has 82 valence electrons. The molecule has 15 heavy (non-hydrogen) atoms. The molecule has 1 aromatic rings. The summed E-state index contributed by atoms with van der Waals surface area (Å²) in [5.74, 6) is -0.182. The van der Waals surface area contributed by atoms with Crippen molar-refractivity contribution >= 4 is 0 Å². The summed E-state index contributed by atoms with van der Waals surface area (Å²) >= 11 is 0. The zero-order chi connectivity index (χ0) is 11.1. The van der Waals surface area contributed by atoms with Crippen LogP contribution < -0.4 is 0 Å². The van der Waals surface area contributed by atoms with Gasteiger partial charge in [-0.05, 0) is 54.9 Å². The first-order valence-electron chi connectivity index (χ1n) is 5.46. The Kier molecular flexibility index (Phi) is 2.55. The third kappa shape index (κ3) is 1.91. The molecule has 2 unspecified atom stereocenters. The van der Waals surface area contributed by atoms with Crippen LogP contribution in [0.25, 0.3) is 0 Å². The molecule has 0 aromatic heterocycles. The molecule has 0 spiro atoms. The molecule has 1 nitrogen and oxygen atoms in total. The van der Waals surface area contributed by atoms with Crippen LogP contribution in [0.15, 0.2) is 18.2 Å². The Hall–Kier alpha value is -0.890. The van der Waals surface area contributed by atoms with E-state index < -0.39 is 0 Å². The van der Waals surface area contributed by atoms with E-state index in [0.29, 0.717) is 0 Å². The highest BCUT2D eigenvalue weighted by atomic mass is 19.1. The molecule has 1 fully saturated rings. The maximum absolute atomic E-state index is 13.0. The van der Waals surface area contributed by atoms with Gasteiger partial charge in [-0.25, -0.2) is 4.39 Å². The van der Waals surface area contributed by atoms with Crippen LogP contribution in [0, 0.1) is 12.7 Å². The number of hydrogen-bond donors (Lipinski definition) is 1. The number of aliphatic hydroxyl groups is 1. The molecule has 1 aromatic carbocycles. The second kappa shape index (κ2) is 3.60. The maximum Gasteiger partial charge on any atom is 0.123 e. The normalized spacial score (nSPS) is 30.8. The monoisotopic (exact) mass is 208 g/mol. The fraction of sp³-hybridized carbons (Fsp3) is 0.538. The largest absolute Gasteiger partial charge is 0.393 e. The summed E-state index contributed by atoms with van der Waals surface area (Å²) in [4.78, 5) is 0. The Morgan fingerprint density at radius 1 is 1.47 bits per heavy atom. The average molecular weight is 208 g/mol. The standard InChI is InChI=1S/C13H17FO/c1-9-7-10(14)3-4-12(9)13(2)6-5-11(15)8-13/h3-4,7,11,15H,5-6,8H2,1-2H3. The van der Waals surface area contributed by atoms with Crippen LogP contribution in [0.5, 0.6) is 0 Å². The topological polar surface area (TPSA) is 20.2 Å². The highest BCUT2D eigenvalue weighted by Crippen LogP contribution is 2.42. The van der Waals surface area contributed by atoms with Crippen LogP contribution in [0.2, 0.25) is 0 Å². The van der Waals surface area contributed by atoms with Gasteiger partial charge < -0.3 is 5.11 Å². The number of hydrogen-bond acceptors (Lipinski definition) is 1. The number of rotatable bonds is 1. The van der Waals surface area contributed by atoms with Crippen LogP contribution in [0.1, 0.15) is 37.3 Å². The highest BCUT2D eigenvalue weighted by molar-refractivity contribution is 5.34. The zero-order valence-corrected chi connectivity index (χ0v) is 9.26. The fourth-order valence-electron chi connectivity index (χ4n) is 2.76. The Labute approximate surface area is 89.9 Å².